The van der Waals surface area contributed by atoms with Crippen LogP contribution in [0.4, 0.5) is 5.69 Å². The molecule has 1 aliphatic heterocycles. The number of rotatable bonds is 9. The Bertz CT molecular complexity index is 721. The average Bonchev–Trinajstić information content (AvgIpc) is 3.11. The predicted molar refractivity (Wildman–Crippen MR) is 107 cm³/mol. The Labute approximate surface area is 162 Å². The number of hydrogen-bond donors (Lipinski definition) is 0. The number of aromatic nitrogens is 1. The van der Waals surface area contributed by atoms with E-state index in [1.54, 1.807) is 0 Å². The predicted octanol–water partition coefficient (Wildman–Crippen LogP) is 3.11. The van der Waals surface area contributed by atoms with Gasteiger partial charge in [0.25, 0.3) is 0 Å². The van der Waals surface area contributed by atoms with Crippen LogP contribution in [0.25, 0.3) is 0 Å². The number of nitrogens with zero attached hydrogens (tertiary/aromatic N) is 2. The highest BCUT2D eigenvalue weighted by Gasteiger charge is 2.29. The summed E-state index contributed by atoms with van der Waals surface area (Å²) in [5.41, 5.74) is 0.101. The Hall–Kier alpha value is -1.13. The highest BCUT2D eigenvalue weighted by Crippen LogP contribution is 2.40. The topological polar surface area (TPSA) is 85.8 Å². The number of unbranched alkanes of at least 4 members (excludes halogenated alkanes) is 1. The first kappa shape index (κ1) is 21.2. The van der Waals surface area contributed by atoms with Gasteiger partial charge in [0.2, 0.25) is 27.7 Å². The van der Waals surface area contributed by atoms with Gasteiger partial charge in [0.15, 0.2) is 0 Å². The van der Waals surface area contributed by atoms with Crippen molar-refractivity contribution in [1.29, 1.82) is 0 Å². The molecule has 0 N–H and O–H groups in total. The van der Waals surface area contributed by atoms with Crippen LogP contribution in [0.1, 0.15) is 32.1 Å². The molecule has 1 aliphatic rings. The van der Waals surface area contributed by atoms with Crippen molar-refractivity contribution < 1.29 is 22.7 Å². The zero-order chi connectivity index (χ0) is 19.2. The SMILES string of the molecule is COc1ccc(N(C(=O)CCCCC2CCSS2)S(C)(=O)=O)c(OC)n1. The van der Waals surface area contributed by atoms with Gasteiger partial charge in [0.05, 0.1) is 20.5 Å². The third-order valence-corrected chi connectivity index (χ3v) is 7.96. The first-order valence-electron chi connectivity index (χ1n) is 8.27. The summed E-state index contributed by atoms with van der Waals surface area (Å²) in [5.74, 6) is 1.01. The normalized spacial score (nSPS) is 17.1. The third kappa shape index (κ3) is 5.68. The summed E-state index contributed by atoms with van der Waals surface area (Å²) in [7, 11) is 2.80. The van der Waals surface area contributed by atoms with Crippen LogP contribution >= 0.6 is 21.6 Å². The van der Waals surface area contributed by atoms with Crippen LogP contribution < -0.4 is 13.8 Å². The molecule has 1 saturated heterocycles. The molecule has 1 amide bonds. The second-order valence-corrected chi connectivity index (χ2v) is 10.5. The van der Waals surface area contributed by atoms with Gasteiger partial charge in [-0.3, -0.25) is 4.79 Å². The molecule has 1 aromatic rings. The largest absolute Gasteiger partial charge is 0.481 e. The molecule has 0 spiro atoms. The molecular weight excluding hydrogens is 396 g/mol. The van der Waals surface area contributed by atoms with E-state index in [0.717, 1.165) is 23.4 Å². The molecule has 1 atom stereocenters. The number of ether oxygens (including phenoxy) is 2. The maximum atomic E-state index is 12.6. The van der Waals surface area contributed by atoms with E-state index >= 15 is 0 Å². The van der Waals surface area contributed by atoms with E-state index in [-0.39, 0.29) is 23.9 Å². The van der Waals surface area contributed by atoms with Crippen molar-refractivity contribution in [1.82, 2.24) is 4.98 Å². The fourth-order valence-corrected chi connectivity index (χ4v) is 6.63. The summed E-state index contributed by atoms with van der Waals surface area (Å²) >= 11 is 0. The zero-order valence-electron chi connectivity index (χ0n) is 15.1. The van der Waals surface area contributed by atoms with Gasteiger partial charge in [-0.25, -0.2) is 12.7 Å². The molecule has 1 unspecified atom stereocenters. The van der Waals surface area contributed by atoms with Crippen LogP contribution in [0, 0.1) is 0 Å². The van der Waals surface area contributed by atoms with Crippen LogP contribution in [0.2, 0.25) is 0 Å². The monoisotopic (exact) mass is 420 g/mol. The maximum absolute atomic E-state index is 12.6. The van der Waals surface area contributed by atoms with Crippen molar-refractivity contribution in [3.8, 4) is 11.8 Å². The average molecular weight is 421 g/mol. The van der Waals surface area contributed by atoms with Crippen LogP contribution in [-0.4, -0.2) is 50.8 Å². The quantitative estimate of drug-likeness (QED) is 0.445. The molecule has 26 heavy (non-hydrogen) atoms. The molecule has 10 heteroatoms. The molecule has 0 aromatic carbocycles. The Balaban J connectivity index is 2.08. The standard InChI is InChI=1S/C16H24N2O5S3/c1-22-14-9-8-13(16(17-14)23-2)18(26(3,20)21)15(19)7-5-4-6-12-10-11-24-25-12/h8-9,12H,4-7,10-11H2,1-3H3. The smallest absolute Gasteiger partial charge is 0.242 e. The summed E-state index contributed by atoms with van der Waals surface area (Å²) in [6.45, 7) is 0. The zero-order valence-corrected chi connectivity index (χ0v) is 17.6. The number of carbonyl (C=O) groups excluding carboxylic acids is 1. The van der Waals surface area contributed by atoms with E-state index in [1.165, 1.54) is 38.5 Å². The first-order chi connectivity index (χ1) is 12.4. The Kier molecular flexibility index (Phi) is 7.90. The number of hydrogen-bond acceptors (Lipinski definition) is 8. The summed E-state index contributed by atoms with van der Waals surface area (Å²) in [6.07, 6.45) is 4.97. The van der Waals surface area contributed by atoms with E-state index in [0.29, 0.717) is 11.7 Å². The lowest BCUT2D eigenvalue weighted by Gasteiger charge is -2.22. The summed E-state index contributed by atoms with van der Waals surface area (Å²) < 4.78 is 35.4. The number of carbonyl (C=O) groups is 1. The van der Waals surface area contributed by atoms with E-state index in [9.17, 15) is 13.2 Å². The fraction of sp³-hybridized carbons (Fsp3) is 0.625. The van der Waals surface area contributed by atoms with Crippen molar-refractivity contribution in [2.45, 2.75) is 37.4 Å². The second-order valence-electron chi connectivity index (χ2n) is 5.88. The number of amides is 1. The number of anilines is 1. The third-order valence-electron chi connectivity index (χ3n) is 3.89. The van der Waals surface area contributed by atoms with Crippen molar-refractivity contribution in [3.63, 3.8) is 0 Å². The van der Waals surface area contributed by atoms with Gasteiger partial charge >= 0.3 is 0 Å². The van der Waals surface area contributed by atoms with Gasteiger partial charge in [-0.05, 0) is 25.3 Å². The molecule has 146 valence electrons. The van der Waals surface area contributed by atoms with Crippen molar-refractivity contribution >= 4 is 43.2 Å². The molecule has 2 heterocycles. The Morgan fingerprint density at radius 2 is 2.08 bits per heavy atom. The van der Waals surface area contributed by atoms with E-state index < -0.39 is 15.9 Å². The maximum Gasteiger partial charge on any atom is 0.242 e. The van der Waals surface area contributed by atoms with Crippen LogP contribution in [0.5, 0.6) is 11.8 Å². The molecule has 0 aliphatic carbocycles. The molecule has 1 fully saturated rings. The van der Waals surface area contributed by atoms with Crippen molar-refractivity contribution in [2.24, 2.45) is 0 Å². The first-order valence-corrected chi connectivity index (χ1v) is 12.5. The van der Waals surface area contributed by atoms with Gasteiger partial charge in [-0.1, -0.05) is 28.0 Å². The molecule has 1 aromatic heterocycles. The molecule has 7 nitrogen and oxygen atoms in total. The van der Waals surface area contributed by atoms with Crippen LogP contribution in [0.15, 0.2) is 12.1 Å². The number of sulfonamides is 1. The lowest BCUT2D eigenvalue weighted by atomic mass is 10.1. The summed E-state index contributed by atoms with van der Waals surface area (Å²) in [4.78, 5) is 16.7. The van der Waals surface area contributed by atoms with Crippen molar-refractivity contribution in [2.75, 3.05) is 30.5 Å². The minimum absolute atomic E-state index is 0.0301. The Morgan fingerprint density at radius 3 is 2.65 bits per heavy atom. The van der Waals surface area contributed by atoms with Gasteiger partial charge in [0, 0.05) is 23.5 Å². The number of pyridine rings is 1. The molecule has 0 saturated carbocycles. The Morgan fingerprint density at radius 1 is 1.31 bits per heavy atom. The summed E-state index contributed by atoms with van der Waals surface area (Å²) in [5, 5.41) is 0.645. The minimum atomic E-state index is -3.81. The summed E-state index contributed by atoms with van der Waals surface area (Å²) in [6, 6.07) is 2.97. The van der Waals surface area contributed by atoms with Crippen LogP contribution in [0.3, 0.4) is 0 Å². The molecule has 0 bridgehead atoms. The van der Waals surface area contributed by atoms with Crippen molar-refractivity contribution in [3.05, 3.63) is 12.1 Å². The van der Waals surface area contributed by atoms with Gasteiger partial charge < -0.3 is 9.47 Å². The highest BCUT2D eigenvalue weighted by atomic mass is 33.1. The lowest BCUT2D eigenvalue weighted by Crippen LogP contribution is -2.36. The number of methoxy groups -OCH3 is 2. The van der Waals surface area contributed by atoms with E-state index in [4.69, 9.17) is 9.47 Å². The van der Waals surface area contributed by atoms with Gasteiger partial charge in [-0.15, -0.1) is 0 Å². The van der Waals surface area contributed by atoms with Crippen LogP contribution in [-0.2, 0) is 14.8 Å². The van der Waals surface area contributed by atoms with E-state index in [1.807, 2.05) is 21.6 Å². The lowest BCUT2D eigenvalue weighted by molar-refractivity contribution is -0.117. The molecular formula is C16H24N2O5S3. The van der Waals surface area contributed by atoms with Gasteiger partial charge in [-0.2, -0.15) is 4.98 Å². The molecule has 0 radical (unpaired) electrons. The van der Waals surface area contributed by atoms with E-state index in [2.05, 4.69) is 4.98 Å². The second kappa shape index (κ2) is 9.70. The highest BCUT2D eigenvalue weighted by molar-refractivity contribution is 8.77. The fourth-order valence-electron chi connectivity index (χ4n) is 2.65. The molecule has 2 rings (SSSR count). The minimum Gasteiger partial charge on any atom is -0.481 e. The van der Waals surface area contributed by atoms with Gasteiger partial charge in [0.1, 0.15) is 5.69 Å².